The lowest BCUT2D eigenvalue weighted by molar-refractivity contribution is 0.355. The second kappa shape index (κ2) is 7.45. The summed E-state index contributed by atoms with van der Waals surface area (Å²) in [5.41, 5.74) is 6.62. The maximum atomic E-state index is 11.9. The number of hydrogen-bond donors (Lipinski definition) is 1. The molecular formula is C15H18ClN5O2S2. The van der Waals surface area contributed by atoms with Crippen molar-refractivity contribution in [3.05, 3.63) is 45.4 Å². The number of thioether (sulfide) groups is 1. The molecule has 4 rings (SSSR count). The molecule has 0 bridgehead atoms. The number of nitrogens with two attached hydrogens (primary N) is 1. The van der Waals surface area contributed by atoms with Gasteiger partial charge in [-0.15, -0.1) is 35.5 Å². The molecular weight excluding hydrogens is 382 g/mol. The largest absolute Gasteiger partial charge is 0.338 e. The first-order valence-electron chi connectivity index (χ1n) is 7.80. The average molecular weight is 400 g/mol. The number of thiazole rings is 1. The van der Waals surface area contributed by atoms with Crippen molar-refractivity contribution < 1.29 is 4.52 Å². The molecule has 7 nitrogen and oxygen atoms in total. The van der Waals surface area contributed by atoms with Gasteiger partial charge in [0.1, 0.15) is 0 Å². The van der Waals surface area contributed by atoms with Crippen LogP contribution in [0, 0.1) is 0 Å². The van der Waals surface area contributed by atoms with Crippen LogP contribution in [0.1, 0.15) is 43.1 Å². The second-order valence-corrected chi connectivity index (χ2v) is 7.87. The first kappa shape index (κ1) is 18.4. The zero-order valence-corrected chi connectivity index (χ0v) is 15.8. The smallest absolute Gasteiger partial charge is 0.258 e. The van der Waals surface area contributed by atoms with E-state index in [2.05, 4.69) is 15.1 Å². The Morgan fingerprint density at radius 2 is 2.12 bits per heavy atom. The van der Waals surface area contributed by atoms with E-state index in [4.69, 9.17) is 10.3 Å². The van der Waals surface area contributed by atoms with Crippen molar-refractivity contribution in [1.82, 2.24) is 19.5 Å². The molecule has 10 heteroatoms. The SMILES string of the molecule is Cl.NC1(c2noc(CSCc3cc(=O)n4ccsc4n3)n2)CCCC1. The quantitative estimate of drug-likeness (QED) is 0.703. The highest BCUT2D eigenvalue weighted by Gasteiger charge is 2.35. The number of hydrogen-bond acceptors (Lipinski definition) is 8. The van der Waals surface area contributed by atoms with Crippen molar-refractivity contribution in [3.8, 4) is 0 Å². The Morgan fingerprint density at radius 1 is 1.32 bits per heavy atom. The van der Waals surface area contributed by atoms with Gasteiger partial charge in [0.2, 0.25) is 5.89 Å². The lowest BCUT2D eigenvalue weighted by atomic mass is 9.99. The molecule has 1 saturated carbocycles. The number of fused-ring (bicyclic) bond motifs is 1. The Balaban J connectivity index is 0.00000182. The Hall–Kier alpha value is -1.42. The van der Waals surface area contributed by atoms with Gasteiger partial charge in [0.05, 0.1) is 17.0 Å². The summed E-state index contributed by atoms with van der Waals surface area (Å²) < 4.78 is 6.86. The topological polar surface area (TPSA) is 99.3 Å². The van der Waals surface area contributed by atoms with E-state index in [1.807, 2.05) is 5.38 Å². The van der Waals surface area contributed by atoms with Gasteiger partial charge in [-0.05, 0) is 12.8 Å². The van der Waals surface area contributed by atoms with Gasteiger partial charge in [-0.1, -0.05) is 18.0 Å². The predicted molar refractivity (Wildman–Crippen MR) is 100 cm³/mol. The van der Waals surface area contributed by atoms with E-state index < -0.39 is 5.54 Å². The molecule has 1 aliphatic carbocycles. The third-order valence-corrected chi connectivity index (χ3v) is 5.95. The molecule has 134 valence electrons. The minimum absolute atomic E-state index is 0. The number of nitrogens with zero attached hydrogens (tertiary/aromatic N) is 4. The molecule has 0 aromatic carbocycles. The van der Waals surface area contributed by atoms with Gasteiger partial charge in [0.15, 0.2) is 10.8 Å². The lowest BCUT2D eigenvalue weighted by Gasteiger charge is -2.17. The van der Waals surface area contributed by atoms with Crippen LogP contribution in [-0.2, 0) is 17.0 Å². The molecule has 0 spiro atoms. The molecule has 3 aromatic heterocycles. The van der Waals surface area contributed by atoms with Crippen molar-refractivity contribution in [3.63, 3.8) is 0 Å². The minimum Gasteiger partial charge on any atom is -0.338 e. The summed E-state index contributed by atoms with van der Waals surface area (Å²) in [5, 5.41) is 5.91. The highest BCUT2D eigenvalue weighted by molar-refractivity contribution is 7.97. The fourth-order valence-electron chi connectivity index (χ4n) is 2.95. The molecule has 1 aliphatic rings. The van der Waals surface area contributed by atoms with Gasteiger partial charge in [-0.2, -0.15) is 4.98 Å². The van der Waals surface area contributed by atoms with Crippen LogP contribution in [0.25, 0.3) is 4.96 Å². The third-order valence-electron chi connectivity index (χ3n) is 4.24. The molecule has 25 heavy (non-hydrogen) atoms. The van der Waals surface area contributed by atoms with Crippen LogP contribution in [0.15, 0.2) is 27.0 Å². The summed E-state index contributed by atoms with van der Waals surface area (Å²) >= 11 is 3.04. The van der Waals surface area contributed by atoms with E-state index >= 15 is 0 Å². The summed E-state index contributed by atoms with van der Waals surface area (Å²) in [6.45, 7) is 0. The number of aromatic nitrogens is 4. The van der Waals surface area contributed by atoms with Crippen molar-refractivity contribution in [2.75, 3.05) is 0 Å². The van der Waals surface area contributed by atoms with E-state index in [0.29, 0.717) is 28.2 Å². The molecule has 0 unspecified atom stereocenters. The monoisotopic (exact) mass is 399 g/mol. The van der Waals surface area contributed by atoms with Gasteiger partial charge < -0.3 is 10.3 Å². The zero-order chi connectivity index (χ0) is 16.6. The van der Waals surface area contributed by atoms with Crippen LogP contribution in [0.2, 0.25) is 0 Å². The van der Waals surface area contributed by atoms with E-state index in [9.17, 15) is 4.79 Å². The molecule has 3 aromatic rings. The van der Waals surface area contributed by atoms with Crippen molar-refractivity contribution in [2.45, 2.75) is 42.7 Å². The van der Waals surface area contributed by atoms with Crippen LogP contribution in [0.3, 0.4) is 0 Å². The van der Waals surface area contributed by atoms with Gasteiger partial charge >= 0.3 is 0 Å². The maximum Gasteiger partial charge on any atom is 0.258 e. The van der Waals surface area contributed by atoms with Crippen molar-refractivity contribution in [1.29, 1.82) is 0 Å². The second-order valence-electron chi connectivity index (χ2n) is 6.01. The molecule has 0 aliphatic heterocycles. The molecule has 2 N–H and O–H groups in total. The van der Waals surface area contributed by atoms with Crippen molar-refractivity contribution >= 4 is 40.5 Å². The molecule has 3 heterocycles. The standard InChI is InChI=1S/C15H17N5O2S2.ClH/c16-15(3-1-2-4-15)13-18-11(22-19-13)9-23-8-10-7-12(21)20-5-6-24-14(20)17-10;/h5-7H,1-4,8-9,16H2;1H. The highest BCUT2D eigenvalue weighted by atomic mass is 35.5. The maximum absolute atomic E-state index is 11.9. The van der Waals surface area contributed by atoms with E-state index in [0.717, 1.165) is 31.4 Å². The summed E-state index contributed by atoms with van der Waals surface area (Å²) in [5.74, 6) is 2.39. The number of halogens is 1. The Kier molecular flexibility index (Phi) is 5.47. The Labute approximate surface area is 158 Å². The summed E-state index contributed by atoms with van der Waals surface area (Å²) in [6.07, 6.45) is 5.78. The molecule has 0 radical (unpaired) electrons. The van der Waals surface area contributed by atoms with Crippen LogP contribution in [0.5, 0.6) is 0 Å². The summed E-state index contributed by atoms with van der Waals surface area (Å²) in [4.78, 5) is 21.6. The van der Waals surface area contributed by atoms with Gasteiger partial charge in [-0.25, -0.2) is 4.98 Å². The van der Waals surface area contributed by atoms with Crippen LogP contribution >= 0.6 is 35.5 Å². The average Bonchev–Trinajstić information content (AvgIpc) is 3.27. The summed E-state index contributed by atoms with van der Waals surface area (Å²) in [6, 6.07) is 1.57. The van der Waals surface area contributed by atoms with E-state index in [-0.39, 0.29) is 18.0 Å². The lowest BCUT2D eigenvalue weighted by Crippen LogP contribution is -2.34. The molecule has 0 atom stereocenters. The zero-order valence-electron chi connectivity index (χ0n) is 13.4. The van der Waals surface area contributed by atoms with Gasteiger partial charge in [0.25, 0.3) is 5.56 Å². The van der Waals surface area contributed by atoms with Gasteiger partial charge in [-0.3, -0.25) is 9.20 Å². The van der Waals surface area contributed by atoms with E-state index in [1.165, 1.54) is 11.3 Å². The summed E-state index contributed by atoms with van der Waals surface area (Å²) in [7, 11) is 0. The highest BCUT2D eigenvalue weighted by Crippen LogP contribution is 2.34. The van der Waals surface area contributed by atoms with E-state index in [1.54, 1.807) is 28.4 Å². The van der Waals surface area contributed by atoms with Crippen LogP contribution in [0.4, 0.5) is 0 Å². The Morgan fingerprint density at radius 3 is 2.92 bits per heavy atom. The predicted octanol–water partition coefficient (Wildman–Crippen LogP) is 2.72. The van der Waals surface area contributed by atoms with Gasteiger partial charge in [0, 0.05) is 23.4 Å². The normalized spacial score (nSPS) is 16.2. The van der Waals surface area contributed by atoms with Crippen LogP contribution in [-0.4, -0.2) is 19.5 Å². The molecule has 1 fully saturated rings. The minimum atomic E-state index is -0.424. The first-order chi connectivity index (χ1) is 11.6. The first-order valence-corrected chi connectivity index (χ1v) is 9.83. The van der Waals surface area contributed by atoms with Crippen LogP contribution < -0.4 is 11.3 Å². The fourth-order valence-corrected chi connectivity index (χ4v) is 4.44. The van der Waals surface area contributed by atoms with Crippen molar-refractivity contribution in [2.24, 2.45) is 5.73 Å². The fraction of sp³-hybridized carbons (Fsp3) is 0.467. The third kappa shape index (κ3) is 3.74. The molecule has 0 amide bonds. The Bertz CT molecular complexity index is 916. The number of rotatable bonds is 5. The molecule has 0 saturated heterocycles.